The van der Waals surface area contributed by atoms with E-state index in [1.807, 2.05) is 4.90 Å². The maximum absolute atomic E-state index is 12.2. The lowest BCUT2D eigenvalue weighted by atomic mass is 9.97. The first kappa shape index (κ1) is 11.9. The second-order valence-corrected chi connectivity index (χ2v) is 4.94. The normalized spacial score (nSPS) is 30.7. The third-order valence-electron chi connectivity index (χ3n) is 3.64. The van der Waals surface area contributed by atoms with Crippen LogP contribution in [-0.4, -0.2) is 50.7 Å². The molecule has 4 heteroatoms. The van der Waals surface area contributed by atoms with Crippen molar-refractivity contribution >= 4 is 5.91 Å². The number of likely N-dealkylation sites (tertiary alicyclic amines) is 1. The van der Waals surface area contributed by atoms with E-state index >= 15 is 0 Å². The topological polar surface area (TPSA) is 41.6 Å². The van der Waals surface area contributed by atoms with E-state index in [2.05, 4.69) is 5.32 Å². The predicted molar refractivity (Wildman–Crippen MR) is 62.2 cm³/mol. The molecule has 1 amide bonds. The van der Waals surface area contributed by atoms with Gasteiger partial charge in [0.2, 0.25) is 5.91 Å². The first-order valence-corrected chi connectivity index (χ1v) is 6.29. The highest BCUT2D eigenvalue weighted by Crippen LogP contribution is 2.20. The highest BCUT2D eigenvalue weighted by atomic mass is 16.5. The zero-order chi connectivity index (χ0) is 11.4. The summed E-state index contributed by atoms with van der Waals surface area (Å²) < 4.78 is 5.18. The number of ether oxygens (including phenoxy) is 1. The highest BCUT2D eigenvalue weighted by molar-refractivity contribution is 5.79. The Morgan fingerprint density at radius 1 is 1.50 bits per heavy atom. The molecule has 0 bridgehead atoms. The van der Waals surface area contributed by atoms with Gasteiger partial charge in [0.05, 0.1) is 12.5 Å². The molecule has 2 atom stereocenters. The lowest BCUT2D eigenvalue weighted by molar-refractivity contribution is -0.137. The second kappa shape index (κ2) is 5.64. The van der Waals surface area contributed by atoms with Gasteiger partial charge in [-0.1, -0.05) is 0 Å². The highest BCUT2D eigenvalue weighted by Gasteiger charge is 2.30. The fourth-order valence-electron chi connectivity index (χ4n) is 2.76. The molecule has 0 aliphatic carbocycles. The van der Waals surface area contributed by atoms with Gasteiger partial charge in [-0.2, -0.15) is 0 Å². The van der Waals surface area contributed by atoms with Crippen molar-refractivity contribution in [3.8, 4) is 0 Å². The molecule has 0 saturated carbocycles. The van der Waals surface area contributed by atoms with Crippen molar-refractivity contribution in [3.63, 3.8) is 0 Å². The van der Waals surface area contributed by atoms with Crippen LogP contribution in [0.3, 0.4) is 0 Å². The number of rotatable bonds is 3. The summed E-state index contributed by atoms with van der Waals surface area (Å²) >= 11 is 0. The molecule has 0 aromatic rings. The molecule has 1 N–H and O–H groups in total. The van der Waals surface area contributed by atoms with E-state index < -0.39 is 0 Å². The number of carbonyl (C=O) groups excluding carboxylic acids is 1. The Labute approximate surface area is 97.3 Å². The molecule has 0 spiro atoms. The summed E-state index contributed by atoms with van der Waals surface area (Å²) in [6.45, 7) is 4.47. The number of amides is 1. The SMILES string of the molecule is COC[C@H]1CCCN(C(=O)[C@H]2CCNC2)C1. The van der Waals surface area contributed by atoms with E-state index in [1.54, 1.807) is 7.11 Å². The maximum atomic E-state index is 12.2. The number of carbonyl (C=O) groups is 1. The van der Waals surface area contributed by atoms with Crippen LogP contribution in [0.1, 0.15) is 19.3 Å². The zero-order valence-corrected chi connectivity index (χ0v) is 10.1. The molecule has 4 nitrogen and oxygen atoms in total. The van der Waals surface area contributed by atoms with E-state index in [0.29, 0.717) is 11.8 Å². The number of hydrogen-bond donors (Lipinski definition) is 1. The smallest absolute Gasteiger partial charge is 0.227 e. The minimum Gasteiger partial charge on any atom is -0.384 e. The van der Waals surface area contributed by atoms with Crippen molar-refractivity contribution in [1.29, 1.82) is 0 Å². The summed E-state index contributed by atoms with van der Waals surface area (Å²) in [7, 11) is 1.74. The standard InChI is InChI=1S/C12H22N2O2/c1-16-9-10-3-2-6-14(8-10)12(15)11-4-5-13-7-11/h10-11,13H,2-9H2,1H3/t10-,11-/m0/s1. The molecular weight excluding hydrogens is 204 g/mol. The van der Waals surface area contributed by atoms with E-state index in [9.17, 15) is 4.79 Å². The van der Waals surface area contributed by atoms with Crippen LogP contribution in [0.5, 0.6) is 0 Å². The Balaban J connectivity index is 1.85. The largest absolute Gasteiger partial charge is 0.384 e. The Morgan fingerprint density at radius 2 is 2.38 bits per heavy atom. The fourth-order valence-corrected chi connectivity index (χ4v) is 2.76. The van der Waals surface area contributed by atoms with E-state index in [0.717, 1.165) is 45.6 Å². The molecule has 2 heterocycles. The van der Waals surface area contributed by atoms with E-state index in [1.165, 1.54) is 6.42 Å². The number of nitrogens with zero attached hydrogens (tertiary/aromatic N) is 1. The predicted octanol–water partition coefficient (Wildman–Crippen LogP) is 0.481. The number of hydrogen-bond acceptors (Lipinski definition) is 3. The Hall–Kier alpha value is -0.610. The summed E-state index contributed by atoms with van der Waals surface area (Å²) in [5.74, 6) is 1.11. The van der Waals surface area contributed by atoms with Gasteiger partial charge in [0.15, 0.2) is 0 Å². The van der Waals surface area contributed by atoms with Gasteiger partial charge in [-0.25, -0.2) is 0 Å². The molecule has 2 fully saturated rings. The van der Waals surface area contributed by atoms with Crippen molar-refractivity contribution in [2.45, 2.75) is 19.3 Å². The van der Waals surface area contributed by atoms with Crippen molar-refractivity contribution in [2.75, 3.05) is 39.9 Å². The molecule has 0 unspecified atom stereocenters. The average Bonchev–Trinajstić information content (AvgIpc) is 2.82. The molecule has 2 saturated heterocycles. The second-order valence-electron chi connectivity index (χ2n) is 4.94. The van der Waals surface area contributed by atoms with Crippen LogP contribution in [0.25, 0.3) is 0 Å². The molecule has 0 aromatic carbocycles. The summed E-state index contributed by atoms with van der Waals surface area (Å²) in [4.78, 5) is 14.2. The van der Waals surface area contributed by atoms with Crippen molar-refractivity contribution in [1.82, 2.24) is 10.2 Å². The van der Waals surface area contributed by atoms with Gasteiger partial charge in [0, 0.05) is 26.7 Å². The van der Waals surface area contributed by atoms with Crippen LogP contribution in [0.2, 0.25) is 0 Å². The monoisotopic (exact) mass is 226 g/mol. The van der Waals surface area contributed by atoms with Gasteiger partial charge in [0.1, 0.15) is 0 Å². The minimum atomic E-state index is 0.223. The maximum Gasteiger partial charge on any atom is 0.227 e. The lowest BCUT2D eigenvalue weighted by Gasteiger charge is -2.33. The number of piperidine rings is 1. The van der Waals surface area contributed by atoms with Crippen LogP contribution >= 0.6 is 0 Å². The minimum absolute atomic E-state index is 0.223. The number of methoxy groups -OCH3 is 1. The summed E-state index contributed by atoms with van der Waals surface area (Å²) in [5, 5.41) is 3.26. The van der Waals surface area contributed by atoms with Gasteiger partial charge in [-0.05, 0) is 31.7 Å². The number of nitrogens with one attached hydrogen (secondary N) is 1. The molecule has 0 radical (unpaired) electrons. The van der Waals surface area contributed by atoms with Crippen LogP contribution in [0.4, 0.5) is 0 Å². The van der Waals surface area contributed by atoms with Crippen molar-refractivity contribution in [3.05, 3.63) is 0 Å². The van der Waals surface area contributed by atoms with Gasteiger partial charge in [-0.3, -0.25) is 4.79 Å². The fraction of sp³-hybridized carbons (Fsp3) is 0.917. The van der Waals surface area contributed by atoms with E-state index in [-0.39, 0.29) is 5.92 Å². The molecule has 2 rings (SSSR count). The molecule has 16 heavy (non-hydrogen) atoms. The molecule has 0 aromatic heterocycles. The Kier molecular flexibility index (Phi) is 4.18. The summed E-state index contributed by atoms with van der Waals surface area (Å²) in [6.07, 6.45) is 3.32. The summed E-state index contributed by atoms with van der Waals surface area (Å²) in [6, 6.07) is 0. The quantitative estimate of drug-likeness (QED) is 0.761. The molecule has 2 aliphatic heterocycles. The molecule has 2 aliphatic rings. The van der Waals surface area contributed by atoms with Gasteiger partial charge >= 0.3 is 0 Å². The third-order valence-corrected chi connectivity index (χ3v) is 3.64. The van der Waals surface area contributed by atoms with Gasteiger partial charge in [0.25, 0.3) is 0 Å². The van der Waals surface area contributed by atoms with Crippen molar-refractivity contribution in [2.24, 2.45) is 11.8 Å². The molecule has 92 valence electrons. The zero-order valence-electron chi connectivity index (χ0n) is 10.1. The van der Waals surface area contributed by atoms with Gasteiger partial charge < -0.3 is 15.0 Å². The Bertz CT molecular complexity index is 237. The van der Waals surface area contributed by atoms with Crippen molar-refractivity contribution < 1.29 is 9.53 Å². The average molecular weight is 226 g/mol. The van der Waals surface area contributed by atoms with E-state index in [4.69, 9.17) is 4.74 Å². The summed E-state index contributed by atoms with van der Waals surface area (Å²) in [5.41, 5.74) is 0. The van der Waals surface area contributed by atoms with Crippen LogP contribution in [0.15, 0.2) is 0 Å². The molecular formula is C12H22N2O2. The van der Waals surface area contributed by atoms with Crippen LogP contribution in [0, 0.1) is 11.8 Å². The third kappa shape index (κ3) is 2.74. The Morgan fingerprint density at radius 3 is 3.06 bits per heavy atom. The first-order valence-electron chi connectivity index (χ1n) is 6.29. The van der Waals surface area contributed by atoms with Gasteiger partial charge in [-0.15, -0.1) is 0 Å². The van der Waals surface area contributed by atoms with Crippen LogP contribution in [-0.2, 0) is 9.53 Å². The lowest BCUT2D eigenvalue weighted by Crippen LogP contribution is -2.44. The first-order chi connectivity index (χ1) is 7.81. The van der Waals surface area contributed by atoms with Crippen LogP contribution < -0.4 is 5.32 Å².